The van der Waals surface area contributed by atoms with Crippen LogP contribution in [0.3, 0.4) is 0 Å². The number of hydrogen-bond acceptors (Lipinski definition) is 4. The number of rotatable bonds is 7. The zero-order valence-electron chi connectivity index (χ0n) is 16.1. The quantitative estimate of drug-likeness (QED) is 0.518. The fourth-order valence-corrected chi connectivity index (χ4v) is 3.29. The second-order valence-electron chi connectivity index (χ2n) is 8.06. The van der Waals surface area contributed by atoms with Crippen molar-refractivity contribution in [2.45, 2.75) is 65.1 Å². The van der Waals surface area contributed by atoms with Gasteiger partial charge in [-0.25, -0.2) is 4.79 Å². The van der Waals surface area contributed by atoms with Crippen LogP contribution in [-0.4, -0.2) is 17.5 Å². The lowest BCUT2D eigenvalue weighted by Gasteiger charge is -2.26. The van der Waals surface area contributed by atoms with Crippen LogP contribution in [0.5, 0.6) is 0 Å². The molecular formula is C22H30O4. The van der Waals surface area contributed by atoms with E-state index >= 15 is 0 Å². The average molecular weight is 358 g/mol. The minimum atomic E-state index is -0.638. The molecule has 1 aromatic rings. The summed E-state index contributed by atoms with van der Waals surface area (Å²) >= 11 is 0. The van der Waals surface area contributed by atoms with Crippen LogP contribution in [0.4, 0.5) is 0 Å². The van der Waals surface area contributed by atoms with Gasteiger partial charge in [0.2, 0.25) is 0 Å². The van der Waals surface area contributed by atoms with E-state index < -0.39 is 17.5 Å². The summed E-state index contributed by atoms with van der Waals surface area (Å²) < 4.78 is 10.9. The first-order chi connectivity index (χ1) is 12.3. The molecule has 1 aliphatic carbocycles. The summed E-state index contributed by atoms with van der Waals surface area (Å²) in [6.07, 6.45) is 5.14. The molecule has 0 N–H and O–H groups in total. The van der Waals surface area contributed by atoms with Crippen molar-refractivity contribution in [1.29, 1.82) is 0 Å². The lowest BCUT2D eigenvalue weighted by molar-refractivity contribution is -0.161. The van der Waals surface area contributed by atoms with Crippen molar-refractivity contribution in [1.82, 2.24) is 0 Å². The maximum atomic E-state index is 12.7. The van der Waals surface area contributed by atoms with Gasteiger partial charge in [0, 0.05) is 5.57 Å². The van der Waals surface area contributed by atoms with Crippen molar-refractivity contribution >= 4 is 11.9 Å². The van der Waals surface area contributed by atoms with Gasteiger partial charge in [-0.05, 0) is 38.7 Å². The van der Waals surface area contributed by atoms with E-state index in [1.165, 1.54) is 12.8 Å². The smallest absolute Gasteiger partial charge is 0.334 e. The fourth-order valence-electron chi connectivity index (χ4n) is 3.29. The Labute approximate surface area is 156 Å². The van der Waals surface area contributed by atoms with Crippen LogP contribution in [0.2, 0.25) is 0 Å². The SMILES string of the molecule is C=C(C(=O)OCc1ccccc1)C(CC1CCCC1)C(=O)OC(C)(C)C. The Morgan fingerprint density at radius 1 is 1.15 bits per heavy atom. The molecule has 1 atom stereocenters. The second kappa shape index (κ2) is 9.02. The highest BCUT2D eigenvalue weighted by atomic mass is 16.6. The molecule has 1 aromatic carbocycles. The third-order valence-corrected chi connectivity index (χ3v) is 4.63. The molecule has 1 saturated carbocycles. The normalized spacial score (nSPS) is 16.1. The highest BCUT2D eigenvalue weighted by Gasteiger charge is 2.34. The molecule has 2 rings (SSSR count). The van der Waals surface area contributed by atoms with Crippen LogP contribution < -0.4 is 0 Å². The fraction of sp³-hybridized carbons (Fsp3) is 0.545. The molecule has 0 aromatic heterocycles. The summed E-state index contributed by atoms with van der Waals surface area (Å²) in [5, 5.41) is 0. The monoisotopic (exact) mass is 358 g/mol. The maximum absolute atomic E-state index is 12.7. The van der Waals surface area contributed by atoms with E-state index in [2.05, 4.69) is 6.58 Å². The van der Waals surface area contributed by atoms with E-state index in [1.807, 2.05) is 51.1 Å². The van der Waals surface area contributed by atoms with Crippen molar-refractivity contribution in [3.05, 3.63) is 48.0 Å². The molecular weight excluding hydrogens is 328 g/mol. The van der Waals surface area contributed by atoms with Gasteiger partial charge in [-0.1, -0.05) is 62.6 Å². The van der Waals surface area contributed by atoms with Gasteiger partial charge in [0.05, 0.1) is 5.92 Å². The predicted octanol–water partition coefficient (Wildman–Crippen LogP) is 4.82. The second-order valence-corrected chi connectivity index (χ2v) is 8.06. The number of benzene rings is 1. The van der Waals surface area contributed by atoms with Gasteiger partial charge in [0.25, 0.3) is 0 Å². The van der Waals surface area contributed by atoms with Gasteiger partial charge in [0.1, 0.15) is 12.2 Å². The molecule has 0 heterocycles. The van der Waals surface area contributed by atoms with E-state index in [9.17, 15) is 9.59 Å². The Hall–Kier alpha value is -2.10. The third-order valence-electron chi connectivity index (χ3n) is 4.63. The van der Waals surface area contributed by atoms with E-state index in [0.717, 1.165) is 18.4 Å². The van der Waals surface area contributed by atoms with Crippen molar-refractivity contribution in [2.24, 2.45) is 11.8 Å². The standard InChI is InChI=1S/C22H30O4/c1-16(20(23)25-15-18-12-6-5-7-13-18)19(14-17-10-8-9-11-17)21(24)26-22(2,3)4/h5-7,12-13,17,19H,1,8-11,14-15H2,2-4H3. The van der Waals surface area contributed by atoms with Gasteiger partial charge < -0.3 is 9.47 Å². The number of ether oxygens (including phenoxy) is 2. The van der Waals surface area contributed by atoms with E-state index in [1.54, 1.807) is 0 Å². The van der Waals surface area contributed by atoms with Crippen LogP contribution in [0.1, 0.15) is 58.4 Å². The first kappa shape index (κ1) is 20.2. The van der Waals surface area contributed by atoms with Crippen LogP contribution in [0.15, 0.2) is 42.5 Å². The molecule has 0 spiro atoms. The lowest BCUT2D eigenvalue weighted by Crippen LogP contribution is -2.32. The minimum absolute atomic E-state index is 0.170. The van der Waals surface area contributed by atoms with Gasteiger partial charge >= 0.3 is 11.9 Å². The van der Waals surface area contributed by atoms with Gasteiger partial charge in [0.15, 0.2) is 0 Å². The van der Waals surface area contributed by atoms with E-state index in [0.29, 0.717) is 12.3 Å². The molecule has 0 saturated heterocycles. The Kier molecular flexibility index (Phi) is 7.01. The third kappa shape index (κ3) is 6.32. The first-order valence-corrected chi connectivity index (χ1v) is 9.39. The summed E-state index contributed by atoms with van der Waals surface area (Å²) in [6.45, 7) is 9.54. The summed E-state index contributed by atoms with van der Waals surface area (Å²) in [5.41, 5.74) is 0.500. The molecule has 1 unspecified atom stereocenters. The Morgan fingerprint density at radius 3 is 2.35 bits per heavy atom. The highest BCUT2D eigenvalue weighted by Crippen LogP contribution is 2.34. The Morgan fingerprint density at radius 2 is 1.77 bits per heavy atom. The molecule has 0 radical (unpaired) electrons. The number of hydrogen-bond donors (Lipinski definition) is 0. The van der Waals surface area contributed by atoms with Gasteiger partial charge in [-0.15, -0.1) is 0 Å². The van der Waals surface area contributed by atoms with Crippen LogP contribution in [-0.2, 0) is 25.7 Å². The van der Waals surface area contributed by atoms with Gasteiger partial charge in [-0.2, -0.15) is 0 Å². The summed E-state index contributed by atoms with van der Waals surface area (Å²) in [4.78, 5) is 25.1. The van der Waals surface area contributed by atoms with Crippen molar-refractivity contribution in [3.8, 4) is 0 Å². The van der Waals surface area contributed by atoms with E-state index in [-0.39, 0.29) is 18.1 Å². The molecule has 0 bridgehead atoms. The molecule has 1 aliphatic rings. The number of carbonyl (C=O) groups is 2. The first-order valence-electron chi connectivity index (χ1n) is 9.39. The van der Waals surface area contributed by atoms with Crippen LogP contribution in [0.25, 0.3) is 0 Å². The topological polar surface area (TPSA) is 52.6 Å². The highest BCUT2D eigenvalue weighted by molar-refractivity contribution is 5.95. The largest absolute Gasteiger partial charge is 0.459 e. The molecule has 4 heteroatoms. The van der Waals surface area contributed by atoms with Crippen molar-refractivity contribution in [3.63, 3.8) is 0 Å². The molecule has 0 amide bonds. The Balaban J connectivity index is 2.02. The van der Waals surface area contributed by atoms with Crippen molar-refractivity contribution in [2.75, 3.05) is 0 Å². The maximum Gasteiger partial charge on any atom is 0.334 e. The van der Waals surface area contributed by atoms with Crippen LogP contribution in [0, 0.1) is 11.8 Å². The summed E-state index contributed by atoms with van der Waals surface area (Å²) in [6, 6.07) is 9.47. The summed E-state index contributed by atoms with van der Waals surface area (Å²) in [7, 11) is 0. The Bertz CT molecular complexity index is 621. The predicted molar refractivity (Wildman–Crippen MR) is 101 cm³/mol. The molecule has 0 aliphatic heterocycles. The summed E-state index contributed by atoms with van der Waals surface area (Å²) in [5.74, 6) is -1.11. The van der Waals surface area contributed by atoms with Crippen molar-refractivity contribution < 1.29 is 19.1 Å². The van der Waals surface area contributed by atoms with Gasteiger partial charge in [-0.3, -0.25) is 4.79 Å². The lowest BCUT2D eigenvalue weighted by atomic mass is 9.88. The molecule has 26 heavy (non-hydrogen) atoms. The number of esters is 2. The van der Waals surface area contributed by atoms with Crippen LogP contribution >= 0.6 is 0 Å². The minimum Gasteiger partial charge on any atom is -0.459 e. The zero-order chi connectivity index (χ0) is 19.2. The number of carbonyl (C=O) groups excluding carboxylic acids is 2. The molecule has 1 fully saturated rings. The molecule has 142 valence electrons. The van der Waals surface area contributed by atoms with E-state index in [4.69, 9.17) is 9.47 Å². The average Bonchev–Trinajstić information content (AvgIpc) is 3.09. The molecule has 4 nitrogen and oxygen atoms in total. The zero-order valence-corrected chi connectivity index (χ0v) is 16.1.